The van der Waals surface area contributed by atoms with E-state index in [9.17, 15) is 69.2 Å². The second-order valence-electron chi connectivity index (χ2n) is 31.9. The van der Waals surface area contributed by atoms with Gasteiger partial charge in [0, 0.05) is 183 Å². The van der Waals surface area contributed by atoms with Gasteiger partial charge in [0.05, 0.1) is 60.1 Å². The number of rotatable bonds is 38. The number of nitro groups is 4. The molecule has 0 fully saturated rings. The number of carbonyl (C=O) groups excluding carboxylic acids is 6. The van der Waals surface area contributed by atoms with Crippen molar-refractivity contribution in [2.75, 3.05) is 6.61 Å². The molecule has 9 aromatic carbocycles. The molecule has 32 heteroatoms. The molecule has 0 aliphatic rings. The van der Waals surface area contributed by atoms with E-state index in [4.69, 9.17) is 24.0 Å². The third kappa shape index (κ3) is 25.8. The van der Waals surface area contributed by atoms with Gasteiger partial charge >= 0.3 is 35.8 Å². The molecular weight excluding hydrogens is 1690 g/mol. The summed E-state index contributed by atoms with van der Waals surface area (Å²) in [7, 11) is 0. The predicted octanol–water partition coefficient (Wildman–Crippen LogP) is 23.1. The van der Waals surface area contributed by atoms with E-state index in [1.807, 2.05) is 83.4 Å². The Morgan fingerprint density at radius 1 is 0.394 bits per heavy atom. The monoisotopic (exact) mass is 1800 g/mol. The Morgan fingerprint density at radius 2 is 0.735 bits per heavy atom. The Bertz CT molecular complexity index is 6670. The molecule has 0 aliphatic heterocycles. The van der Waals surface area contributed by atoms with Crippen molar-refractivity contribution in [2.45, 2.75) is 199 Å². The van der Waals surface area contributed by atoms with Crippen LogP contribution in [-0.2, 0) is 90.4 Å². The Kier molecular flexibility index (Phi) is 35.4. The highest BCUT2D eigenvalue weighted by Crippen LogP contribution is 2.39. The second-order valence-corrected chi connectivity index (χ2v) is 31.9. The summed E-state index contributed by atoms with van der Waals surface area (Å²) in [6.07, 6.45) is 17.9. The molecule has 132 heavy (non-hydrogen) atoms. The first-order chi connectivity index (χ1) is 63.3. The molecule has 4 heterocycles. The van der Waals surface area contributed by atoms with Gasteiger partial charge in [-0.15, -0.1) is 0 Å². The van der Waals surface area contributed by atoms with Gasteiger partial charge in [-0.2, -0.15) is 0 Å². The number of nitro benzene ring substituents is 4. The molecule has 0 saturated carbocycles. The normalized spacial score (nSPS) is 11.9. The molecule has 13 aromatic rings. The minimum Gasteiger partial charge on any atom is -0.461 e. The molecule has 0 N–H and O–H groups in total. The van der Waals surface area contributed by atoms with Gasteiger partial charge in [-0.1, -0.05) is 180 Å². The van der Waals surface area contributed by atoms with Crippen molar-refractivity contribution in [1.82, 2.24) is 18.3 Å². The SMILES string of the molecule is C=C(C)C(=O)OCn1c2ccc(/C(C)=N/OC(C)=O)cc2c2cc([N+](=O)[O-])ccc21.C=CC(=O)OCCn1c2ccc(/C(CCCCCCCCCCC)=N/OC(C)=O)cc2c2cc([N+](=O)[O-])ccc21.CC(=O)O/N=C(\C)c1ccc2c(c1)c1cc([N+](=O)[O-])ccc1n2CCc1ccccc1.CCCCC(CC)Cn1c2ccc(/C(C)=N/OC(C)=O)cc2c2cc([N+](=O)[O-])ccc21. The quantitative estimate of drug-likeness (QED) is 0.00659. The van der Waals surface area contributed by atoms with Gasteiger partial charge < -0.3 is 47.1 Å². The van der Waals surface area contributed by atoms with E-state index in [0.29, 0.717) is 74.5 Å². The number of nitrogens with zero attached hydrogens (tertiary/aromatic N) is 12. The first kappa shape index (κ1) is 98.9. The average molecular weight is 1800 g/mol. The number of esters is 2. The molecule has 1 atom stereocenters. The Morgan fingerprint density at radius 3 is 1.11 bits per heavy atom. The van der Waals surface area contributed by atoms with Gasteiger partial charge in [0.2, 0.25) is 0 Å². The van der Waals surface area contributed by atoms with Crippen LogP contribution in [-0.4, -0.2) is 103 Å². The maximum Gasteiger partial charge on any atom is 0.334 e. The number of carbonyl (C=O) groups is 6. The summed E-state index contributed by atoms with van der Waals surface area (Å²) in [6.45, 7) is 27.5. The molecule has 0 aliphatic carbocycles. The van der Waals surface area contributed by atoms with Gasteiger partial charge in [0.1, 0.15) is 6.61 Å². The zero-order valence-electron chi connectivity index (χ0n) is 76.0. The number of fused-ring (bicyclic) bond motifs is 12. The number of ether oxygens (including phenoxy) is 2. The smallest absolute Gasteiger partial charge is 0.334 e. The van der Waals surface area contributed by atoms with Crippen molar-refractivity contribution >= 4 is 169 Å². The number of aromatic nitrogens is 4. The van der Waals surface area contributed by atoms with Gasteiger partial charge in [-0.05, 0) is 154 Å². The highest BCUT2D eigenvalue weighted by atomic mass is 16.7. The minimum atomic E-state index is -0.540. The fraction of sp³-hybridized carbons (Fsp3) is 0.320. The zero-order chi connectivity index (χ0) is 95.4. The van der Waals surface area contributed by atoms with Gasteiger partial charge in [-0.25, -0.2) is 28.8 Å². The lowest BCUT2D eigenvalue weighted by atomic mass is 9.99. The number of aryl methyl sites for hydroxylation is 2. The zero-order valence-corrected chi connectivity index (χ0v) is 76.0. The molecule has 13 rings (SSSR count). The maximum atomic E-state index is 11.8. The molecule has 0 radical (unpaired) electrons. The van der Waals surface area contributed by atoms with E-state index in [0.717, 1.165) is 134 Å². The molecule has 688 valence electrons. The molecule has 32 nitrogen and oxygen atoms in total. The van der Waals surface area contributed by atoms with Crippen LogP contribution >= 0.6 is 0 Å². The molecule has 0 amide bonds. The van der Waals surface area contributed by atoms with Crippen LogP contribution in [0.25, 0.3) is 87.2 Å². The molecule has 0 spiro atoms. The van der Waals surface area contributed by atoms with Crippen molar-refractivity contribution < 1.29 is 77.3 Å². The number of hydrogen-bond acceptors (Lipinski definition) is 24. The predicted molar refractivity (Wildman–Crippen MR) is 512 cm³/mol. The molecule has 1 unspecified atom stereocenters. The van der Waals surface area contributed by atoms with Crippen LogP contribution in [0.4, 0.5) is 22.7 Å². The summed E-state index contributed by atoms with van der Waals surface area (Å²) in [4.78, 5) is 131. The third-order valence-electron chi connectivity index (χ3n) is 22.4. The summed E-state index contributed by atoms with van der Waals surface area (Å²) in [5, 5.41) is 67.5. The van der Waals surface area contributed by atoms with E-state index in [2.05, 4.69) is 80.7 Å². The van der Waals surface area contributed by atoms with Crippen molar-refractivity contribution in [3.63, 3.8) is 0 Å². The first-order valence-electron chi connectivity index (χ1n) is 43.7. The number of oxime groups is 4. The van der Waals surface area contributed by atoms with Crippen LogP contribution in [0.1, 0.15) is 194 Å². The van der Waals surface area contributed by atoms with E-state index >= 15 is 0 Å². The van der Waals surface area contributed by atoms with Crippen molar-refractivity contribution in [3.8, 4) is 0 Å². The molecule has 0 bridgehead atoms. The lowest BCUT2D eigenvalue weighted by Gasteiger charge is -2.17. The van der Waals surface area contributed by atoms with Crippen molar-refractivity contribution in [3.05, 3.63) is 269 Å². The van der Waals surface area contributed by atoms with Crippen molar-refractivity contribution in [1.29, 1.82) is 0 Å². The number of benzene rings is 9. The largest absolute Gasteiger partial charge is 0.461 e. The van der Waals surface area contributed by atoms with Crippen LogP contribution < -0.4 is 0 Å². The summed E-state index contributed by atoms with van der Waals surface area (Å²) < 4.78 is 18.7. The Balaban J connectivity index is 0.000000184. The topological polar surface area (TPSA) is 400 Å². The third-order valence-corrected chi connectivity index (χ3v) is 22.4. The van der Waals surface area contributed by atoms with Gasteiger partial charge in [0.25, 0.3) is 22.7 Å². The second kappa shape index (κ2) is 47.2. The average Bonchev–Trinajstić information content (AvgIpc) is 1.62. The van der Waals surface area contributed by atoms with E-state index < -0.39 is 45.7 Å². The number of unbranched alkanes of at least 4 members (excludes halogenated alkanes) is 9. The fourth-order valence-electron chi connectivity index (χ4n) is 15.6. The summed E-state index contributed by atoms with van der Waals surface area (Å²) >= 11 is 0. The van der Waals surface area contributed by atoms with Gasteiger partial charge in [0.15, 0.2) is 6.73 Å². The number of non-ortho nitro benzene ring substituents is 4. The standard InChI is InChI=1S/C31H39N3O6.C24H21N3O4.C24H29N3O4.C21H19N3O6/c1-4-6-7-8-9-10-11-12-13-14-28(32-40-23(3)35)24-15-17-29-26(21-24)27-22-25(34(37)38)16-18-30(27)33(29)19-20-39-31(36)5-2;1-16(25-31-17(2)28)19-8-10-23-21(14-19)22-15-20(27(29)30)9-11-24(22)26(23)13-12-18-6-4-3-5-7-18;1-5-7-8-18(6-2)15-26-23-11-9-19(16(3)25-31-17(4)28)13-21(23)22-14-20(27(29)30)10-12-24(22)26;1-12(2)21(26)29-11-23-19-7-5-15(13(3)22-30-14(4)25)9-17(19)18-10-16(24(27)28)6-8-20(18)23/h5,15-18,21-22H,2,4,6-14,19-20H2,1,3H3;3-11,14-15H,12-13H2,1-2H3;9-14,18H,5-8,15H2,1-4H3;5-10H,1,11H2,2-4H3/b32-28+;2*25-16+;22-13+. The van der Waals surface area contributed by atoms with Gasteiger partial charge in [-0.3, -0.25) is 40.5 Å². The lowest BCUT2D eigenvalue weighted by molar-refractivity contribution is -0.384. The van der Waals surface area contributed by atoms with E-state index in [1.54, 1.807) is 92.9 Å². The van der Waals surface area contributed by atoms with Crippen molar-refractivity contribution in [2.24, 2.45) is 26.5 Å². The van der Waals surface area contributed by atoms with Crippen LogP contribution in [0.3, 0.4) is 0 Å². The first-order valence-corrected chi connectivity index (χ1v) is 43.7. The summed E-state index contributed by atoms with van der Waals surface area (Å²) in [6, 6.07) is 52.3. The summed E-state index contributed by atoms with van der Waals surface area (Å²) in [5.41, 5.74) is 13.8. The Hall–Kier alpha value is -15.2. The fourth-order valence-corrected chi connectivity index (χ4v) is 15.6. The Labute approximate surface area is 761 Å². The van der Waals surface area contributed by atoms with E-state index in [-0.39, 0.29) is 51.5 Å². The summed E-state index contributed by atoms with van der Waals surface area (Å²) in [5.74, 6) is -2.51. The molecular formula is C100H108N12O20. The minimum absolute atomic E-state index is 0.0152. The highest BCUT2D eigenvalue weighted by molar-refractivity contribution is 6.16. The maximum absolute atomic E-state index is 11.8. The molecule has 0 saturated heterocycles. The number of hydrogen-bond donors (Lipinski definition) is 0. The van der Waals surface area contributed by atoms with Crippen LogP contribution in [0.15, 0.2) is 221 Å². The lowest BCUT2D eigenvalue weighted by Crippen LogP contribution is -2.10. The van der Waals surface area contributed by atoms with Crippen LogP contribution in [0.2, 0.25) is 0 Å². The van der Waals surface area contributed by atoms with Crippen LogP contribution in [0, 0.1) is 46.4 Å². The highest BCUT2D eigenvalue weighted by Gasteiger charge is 2.24. The molecule has 4 aromatic heterocycles. The van der Waals surface area contributed by atoms with Crippen LogP contribution in [0.5, 0.6) is 0 Å². The van der Waals surface area contributed by atoms with E-state index in [1.165, 1.54) is 109 Å².